The van der Waals surface area contributed by atoms with Gasteiger partial charge in [0.25, 0.3) is 0 Å². The van der Waals surface area contributed by atoms with Crippen molar-refractivity contribution in [2.75, 3.05) is 6.61 Å². The molecule has 0 bridgehead atoms. The van der Waals surface area contributed by atoms with Gasteiger partial charge in [0, 0.05) is 12.5 Å². The second kappa shape index (κ2) is 8.03. The predicted molar refractivity (Wildman–Crippen MR) is 56.2 cm³/mol. The fourth-order valence-corrected chi connectivity index (χ4v) is 0.964. The van der Waals surface area contributed by atoms with Crippen molar-refractivity contribution in [3.05, 3.63) is 12.7 Å². The third kappa shape index (κ3) is 7.73. The van der Waals surface area contributed by atoms with Crippen LogP contribution in [0, 0.1) is 0 Å². The Morgan fingerprint density at radius 1 is 1.47 bits per heavy atom. The molecule has 0 aromatic carbocycles. The van der Waals surface area contributed by atoms with Crippen LogP contribution in [0.1, 0.15) is 33.1 Å². The molecule has 86 valence electrons. The minimum Gasteiger partial charge on any atom is -0.466 e. The van der Waals surface area contributed by atoms with Gasteiger partial charge in [-0.25, -0.2) is 4.79 Å². The Morgan fingerprint density at radius 2 is 2.13 bits per heavy atom. The number of ether oxygens (including phenoxy) is 2. The molecule has 0 rings (SSSR count). The van der Waals surface area contributed by atoms with E-state index in [4.69, 9.17) is 9.47 Å². The quantitative estimate of drug-likeness (QED) is 0.368. The van der Waals surface area contributed by atoms with Crippen LogP contribution in [0.25, 0.3) is 0 Å². The Bertz CT molecular complexity index is 223. The molecule has 0 aromatic heterocycles. The number of hydrogen-bond donors (Lipinski definition) is 0. The van der Waals surface area contributed by atoms with E-state index < -0.39 is 5.97 Å². The van der Waals surface area contributed by atoms with Gasteiger partial charge >= 0.3 is 11.9 Å². The van der Waals surface area contributed by atoms with E-state index in [1.165, 1.54) is 0 Å². The van der Waals surface area contributed by atoms with Crippen LogP contribution in [0.3, 0.4) is 0 Å². The van der Waals surface area contributed by atoms with Crippen molar-refractivity contribution >= 4 is 11.9 Å². The maximum Gasteiger partial charge on any atom is 0.330 e. The molecule has 15 heavy (non-hydrogen) atoms. The molecule has 0 spiro atoms. The molecule has 0 aliphatic heterocycles. The van der Waals surface area contributed by atoms with Gasteiger partial charge in [0.15, 0.2) is 0 Å². The van der Waals surface area contributed by atoms with Gasteiger partial charge in [0.05, 0.1) is 12.7 Å². The Labute approximate surface area is 90.2 Å². The lowest BCUT2D eigenvalue weighted by molar-refractivity contribution is -0.145. The van der Waals surface area contributed by atoms with E-state index in [0.29, 0.717) is 25.9 Å². The summed E-state index contributed by atoms with van der Waals surface area (Å²) >= 11 is 0. The maximum absolute atomic E-state index is 10.8. The minimum absolute atomic E-state index is 0.171. The largest absolute Gasteiger partial charge is 0.466 e. The van der Waals surface area contributed by atoms with Crippen molar-refractivity contribution in [3.63, 3.8) is 0 Å². The first-order valence-corrected chi connectivity index (χ1v) is 5.08. The Balaban J connectivity index is 3.46. The molecule has 0 saturated carbocycles. The van der Waals surface area contributed by atoms with E-state index in [1.54, 1.807) is 13.8 Å². The zero-order chi connectivity index (χ0) is 11.7. The molecule has 0 aliphatic rings. The van der Waals surface area contributed by atoms with Crippen LogP contribution in [0.4, 0.5) is 0 Å². The third-order valence-electron chi connectivity index (χ3n) is 1.79. The van der Waals surface area contributed by atoms with Crippen molar-refractivity contribution in [3.8, 4) is 0 Å². The topological polar surface area (TPSA) is 52.6 Å². The van der Waals surface area contributed by atoms with Crippen LogP contribution in [0.15, 0.2) is 12.7 Å². The molecule has 0 aromatic rings. The number of carbonyl (C=O) groups is 2. The molecular formula is C11H18O4. The van der Waals surface area contributed by atoms with Crippen LogP contribution in [0.5, 0.6) is 0 Å². The summed E-state index contributed by atoms with van der Waals surface area (Å²) in [6, 6.07) is 0. The smallest absolute Gasteiger partial charge is 0.330 e. The van der Waals surface area contributed by atoms with Crippen molar-refractivity contribution < 1.29 is 19.1 Å². The molecule has 0 fully saturated rings. The molecule has 0 saturated heterocycles. The molecule has 0 heterocycles. The highest BCUT2D eigenvalue weighted by Crippen LogP contribution is 2.02. The summed E-state index contributed by atoms with van der Waals surface area (Å²) < 4.78 is 9.81. The zero-order valence-corrected chi connectivity index (χ0v) is 9.32. The fraction of sp³-hybridized carbons (Fsp3) is 0.636. The zero-order valence-electron chi connectivity index (χ0n) is 9.32. The van der Waals surface area contributed by atoms with Crippen LogP contribution in [-0.2, 0) is 19.1 Å². The molecule has 0 radical (unpaired) electrons. The summed E-state index contributed by atoms with van der Waals surface area (Å²) in [5.74, 6) is -0.626. The highest BCUT2D eigenvalue weighted by molar-refractivity contribution is 5.81. The number of esters is 2. The van der Waals surface area contributed by atoms with E-state index in [2.05, 4.69) is 6.58 Å². The van der Waals surface area contributed by atoms with Gasteiger partial charge in [-0.1, -0.05) is 13.5 Å². The molecule has 4 heteroatoms. The summed E-state index contributed by atoms with van der Waals surface area (Å²) in [6.45, 7) is 7.22. The normalized spacial score (nSPS) is 11.6. The van der Waals surface area contributed by atoms with Gasteiger partial charge in [-0.3, -0.25) is 4.79 Å². The monoisotopic (exact) mass is 214 g/mol. The van der Waals surface area contributed by atoms with Crippen molar-refractivity contribution in [2.45, 2.75) is 39.2 Å². The number of hydrogen-bond acceptors (Lipinski definition) is 4. The van der Waals surface area contributed by atoms with E-state index in [1.807, 2.05) is 0 Å². The van der Waals surface area contributed by atoms with Crippen LogP contribution < -0.4 is 0 Å². The Kier molecular flexibility index (Phi) is 7.32. The second-order valence-electron chi connectivity index (χ2n) is 3.17. The minimum atomic E-state index is -0.423. The van der Waals surface area contributed by atoms with E-state index in [0.717, 1.165) is 6.08 Å². The Hall–Kier alpha value is -1.32. The van der Waals surface area contributed by atoms with E-state index in [-0.39, 0.29) is 12.1 Å². The van der Waals surface area contributed by atoms with Crippen molar-refractivity contribution in [1.29, 1.82) is 0 Å². The van der Waals surface area contributed by atoms with Crippen LogP contribution >= 0.6 is 0 Å². The molecule has 0 amide bonds. The maximum atomic E-state index is 10.8. The molecule has 1 unspecified atom stereocenters. The molecule has 4 nitrogen and oxygen atoms in total. The van der Waals surface area contributed by atoms with E-state index in [9.17, 15) is 9.59 Å². The molecule has 0 aliphatic carbocycles. The van der Waals surface area contributed by atoms with Gasteiger partial charge in [-0.2, -0.15) is 0 Å². The third-order valence-corrected chi connectivity index (χ3v) is 1.79. The first-order chi connectivity index (χ1) is 7.10. The SMILES string of the molecule is C=CC(=O)OC(C)CCCOC(=O)CC. The number of carbonyl (C=O) groups excluding carboxylic acids is 2. The van der Waals surface area contributed by atoms with Gasteiger partial charge in [-0.05, 0) is 19.8 Å². The van der Waals surface area contributed by atoms with Gasteiger partial charge in [0.1, 0.15) is 0 Å². The van der Waals surface area contributed by atoms with Gasteiger partial charge < -0.3 is 9.47 Å². The number of rotatable bonds is 7. The average Bonchev–Trinajstić information content (AvgIpc) is 2.23. The van der Waals surface area contributed by atoms with Crippen molar-refractivity contribution in [1.82, 2.24) is 0 Å². The lowest BCUT2D eigenvalue weighted by Crippen LogP contribution is -2.14. The summed E-state index contributed by atoms with van der Waals surface area (Å²) in [6.07, 6.45) is 2.72. The van der Waals surface area contributed by atoms with Crippen LogP contribution in [0.2, 0.25) is 0 Å². The lowest BCUT2D eigenvalue weighted by atomic mass is 10.2. The Morgan fingerprint density at radius 3 is 2.67 bits per heavy atom. The summed E-state index contributed by atoms with van der Waals surface area (Å²) in [5.41, 5.74) is 0. The molecule has 1 atom stereocenters. The summed E-state index contributed by atoms with van der Waals surface area (Å²) in [4.78, 5) is 21.5. The average molecular weight is 214 g/mol. The van der Waals surface area contributed by atoms with Gasteiger partial charge in [-0.15, -0.1) is 0 Å². The highest BCUT2D eigenvalue weighted by Gasteiger charge is 2.06. The second-order valence-corrected chi connectivity index (χ2v) is 3.17. The van der Waals surface area contributed by atoms with Crippen molar-refractivity contribution in [2.24, 2.45) is 0 Å². The lowest BCUT2D eigenvalue weighted by Gasteiger charge is -2.11. The first-order valence-electron chi connectivity index (χ1n) is 5.08. The summed E-state index contributed by atoms with van der Waals surface area (Å²) in [7, 11) is 0. The highest BCUT2D eigenvalue weighted by atomic mass is 16.5. The molecular weight excluding hydrogens is 196 g/mol. The first kappa shape index (κ1) is 13.7. The predicted octanol–water partition coefficient (Wildman–Crippen LogP) is 1.84. The van der Waals surface area contributed by atoms with Gasteiger partial charge in [0.2, 0.25) is 0 Å². The summed E-state index contributed by atoms with van der Waals surface area (Å²) in [5, 5.41) is 0. The standard InChI is InChI=1S/C11H18O4/c1-4-10(12)14-8-6-7-9(3)15-11(13)5-2/h5,9H,2,4,6-8H2,1,3H3. The fourth-order valence-electron chi connectivity index (χ4n) is 0.964. The van der Waals surface area contributed by atoms with E-state index >= 15 is 0 Å². The molecule has 0 N–H and O–H groups in total. The van der Waals surface area contributed by atoms with Crippen LogP contribution in [-0.4, -0.2) is 24.6 Å².